The van der Waals surface area contributed by atoms with Gasteiger partial charge < -0.3 is 10.4 Å². The fourth-order valence-corrected chi connectivity index (χ4v) is 3.27. The summed E-state index contributed by atoms with van der Waals surface area (Å²) >= 11 is 1.61. The Hall–Kier alpha value is -1.53. The van der Waals surface area contributed by atoms with Crippen molar-refractivity contribution in [1.82, 2.24) is 4.90 Å². The Balaban J connectivity index is 1.94. The number of nitrogens with one attached hydrogen (secondary N) is 1. The number of hydrogen-bond donors (Lipinski definition) is 2. The van der Waals surface area contributed by atoms with Crippen molar-refractivity contribution >= 4 is 29.3 Å². The second kappa shape index (κ2) is 6.76. The van der Waals surface area contributed by atoms with Crippen LogP contribution in [-0.4, -0.2) is 52.5 Å². The lowest BCUT2D eigenvalue weighted by Gasteiger charge is -2.31. The van der Waals surface area contributed by atoms with Gasteiger partial charge in [0, 0.05) is 23.7 Å². The molecule has 1 unspecified atom stereocenters. The molecule has 5 nitrogen and oxygen atoms in total. The maximum Gasteiger partial charge on any atom is 0.321 e. The smallest absolute Gasteiger partial charge is 0.321 e. The van der Waals surface area contributed by atoms with E-state index >= 15 is 0 Å². The zero-order chi connectivity index (χ0) is 14.5. The number of carboxylic acids is 1. The Bertz CT molecular complexity index is 507. The fraction of sp³-hybridized carbons (Fsp3) is 0.429. The molecule has 1 saturated heterocycles. The molecular weight excluding hydrogens is 276 g/mol. The molecule has 1 aromatic rings. The van der Waals surface area contributed by atoms with Crippen LogP contribution in [0, 0.1) is 6.92 Å². The van der Waals surface area contributed by atoms with E-state index in [0.29, 0.717) is 12.3 Å². The quantitative estimate of drug-likeness (QED) is 0.879. The minimum absolute atomic E-state index is 0.117. The van der Waals surface area contributed by atoms with E-state index in [1.807, 2.05) is 31.2 Å². The van der Waals surface area contributed by atoms with E-state index in [-0.39, 0.29) is 12.5 Å². The number of aryl methyl sites for hydroxylation is 1. The van der Waals surface area contributed by atoms with Crippen molar-refractivity contribution in [3.63, 3.8) is 0 Å². The van der Waals surface area contributed by atoms with Gasteiger partial charge in [0.1, 0.15) is 6.04 Å². The molecule has 0 spiro atoms. The average Bonchev–Trinajstić information content (AvgIpc) is 2.38. The Morgan fingerprint density at radius 1 is 1.50 bits per heavy atom. The van der Waals surface area contributed by atoms with E-state index in [9.17, 15) is 9.59 Å². The molecule has 1 fully saturated rings. The first-order valence-corrected chi connectivity index (χ1v) is 7.63. The van der Waals surface area contributed by atoms with Crippen molar-refractivity contribution in [3.8, 4) is 0 Å². The van der Waals surface area contributed by atoms with Gasteiger partial charge in [-0.05, 0) is 24.6 Å². The van der Waals surface area contributed by atoms with Crippen LogP contribution in [-0.2, 0) is 9.59 Å². The van der Waals surface area contributed by atoms with Crippen LogP contribution in [0.25, 0.3) is 0 Å². The second-order valence-electron chi connectivity index (χ2n) is 4.82. The van der Waals surface area contributed by atoms with Gasteiger partial charge in [-0.1, -0.05) is 12.1 Å². The Morgan fingerprint density at radius 3 is 3.00 bits per heavy atom. The largest absolute Gasteiger partial charge is 0.480 e. The summed E-state index contributed by atoms with van der Waals surface area (Å²) in [5.41, 5.74) is 1.81. The van der Waals surface area contributed by atoms with E-state index in [1.54, 1.807) is 16.7 Å². The number of hydrogen-bond acceptors (Lipinski definition) is 4. The minimum Gasteiger partial charge on any atom is -0.480 e. The molecule has 2 rings (SSSR count). The molecule has 0 radical (unpaired) electrons. The Labute approximate surface area is 122 Å². The van der Waals surface area contributed by atoms with Gasteiger partial charge in [-0.2, -0.15) is 11.8 Å². The van der Waals surface area contributed by atoms with Crippen LogP contribution in [0.1, 0.15) is 5.56 Å². The summed E-state index contributed by atoms with van der Waals surface area (Å²) in [5.74, 6) is 0.364. The second-order valence-corrected chi connectivity index (χ2v) is 5.97. The van der Waals surface area contributed by atoms with Gasteiger partial charge in [-0.25, -0.2) is 0 Å². The molecule has 1 aliphatic rings. The van der Waals surface area contributed by atoms with Crippen LogP contribution in [0.3, 0.4) is 0 Å². The van der Waals surface area contributed by atoms with Crippen molar-refractivity contribution in [2.75, 3.05) is 29.9 Å². The van der Waals surface area contributed by atoms with Crippen molar-refractivity contribution in [2.45, 2.75) is 13.0 Å². The first kappa shape index (κ1) is 14.9. The molecule has 1 amide bonds. The van der Waals surface area contributed by atoms with Crippen LogP contribution in [0.4, 0.5) is 5.69 Å². The third-order valence-electron chi connectivity index (χ3n) is 3.17. The maximum atomic E-state index is 12.0. The van der Waals surface area contributed by atoms with E-state index in [2.05, 4.69) is 5.32 Å². The lowest BCUT2D eigenvalue weighted by Crippen LogP contribution is -2.50. The molecule has 1 aliphatic heterocycles. The monoisotopic (exact) mass is 294 g/mol. The third kappa shape index (κ3) is 3.98. The SMILES string of the molecule is Cc1cccc(NC(=O)CN2CCSCC2C(=O)O)c1. The van der Waals surface area contributed by atoms with Crippen molar-refractivity contribution < 1.29 is 14.7 Å². The topological polar surface area (TPSA) is 69.6 Å². The zero-order valence-electron chi connectivity index (χ0n) is 11.3. The highest BCUT2D eigenvalue weighted by atomic mass is 32.2. The van der Waals surface area contributed by atoms with Gasteiger partial charge in [0.2, 0.25) is 5.91 Å². The summed E-state index contributed by atoms with van der Waals surface area (Å²) in [4.78, 5) is 24.9. The highest BCUT2D eigenvalue weighted by molar-refractivity contribution is 7.99. The Kier molecular flexibility index (Phi) is 5.03. The van der Waals surface area contributed by atoms with Crippen LogP contribution in [0.5, 0.6) is 0 Å². The summed E-state index contributed by atoms with van der Waals surface area (Å²) in [6.07, 6.45) is 0. The number of aliphatic carboxylic acids is 1. The van der Waals surface area contributed by atoms with Crippen molar-refractivity contribution in [1.29, 1.82) is 0 Å². The summed E-state index contributed by atoms with van der Waals surface area (Å²) < 4.78 is 0. The highest BCUT2D eigenvalue weighted by Crippen LogP contribution is 2.17. The van der Waals surface area contributed by atoms with E-state index in [1.165, 1.54) is 0 Å². The molecule has 0 saturated carbocycles. The van der Waals surface area contributed by atoms with Crippen LogP contribution in [0.2, 0.25) is 0 Å². The third-order valence-corrected chi connectivity index (χ3v) is 4.20. The van der Waals surface area contributed by atoms with Gasteiger partial charge in [0.05, 0.1) is 6.54 Å². The van der Waals surface area contributed by atoms with Gasteiger partial charge in [-0.3, -0.25) is 14.5 Å². The first-order chi connectivity index (χ1) is 9.56. The predicted octanol–water partition coefficient (Wildman–Crippen LogP) is 1.44. The molecule has 20 heavy (non-hydrogen) atoms. The molecule has 1 atom stereocenters. The summed E-state index contributed by atoms with van der Waals surface area (Å²) in [5, 5.41) is 12.0. The van der Waals surface area contributed by atoms with Crippen molar-refractivity contribution in [3.05, 3.63) is 29.8 Å². The maximum absolute atomic E-state index is 12.0. The summed E-state index contributed by atoms with van der Waals surface area (Å²) in [7, 11) is 0. The molecular formula is C14H18N2O3S. The molecule has 0 aliphatic carbocycles. The number of thioether (sulfide) groups is 1. The molecule has 1 heterocycles. The summed E-state index contributed by atoms with van der Waals surface area (Å²) in [6, 6.07) is 6.97. The normalized spacial score (nSPS) is 19.6. The minimum atomic E-state index is -0.861. The molecule has 0 bridgehead atoms. The lowest BCUT2D eigenvalue weighted by molar-refractivity contribution is -0.142. The number of amides is 1. The number of benzene rings is 1. The van der Waals surface area contributed by atoms with Crippen LogP contribution >= 0.6 is 11.8 Å². The number of anilines is 1. The molecule has 2 N–H and O–H groups in total. The number of nitrogens with zero attached hydrogens (tertiary/aromatic N) is 1. The van der Waals surface area contributed by atoms with E-state index in [0.717, 1.165) is 17.0 Å². The summed E-state index contributed by atoms with van der Waals surface area (Å²) in [6.45, 7) is 2.70. The van der Waals surface area contributed by atoms with Gasteiger partial charge in [-0.15, -0.1) is 0 Å². The average molecular weight is 294 g/mol. The number of carboxylic acid groups (broad SMARTS) is 1. The first-order valence-electron chi connectivity index (χ1n) is 6.47. The zero-order valence-corrected chi connectivity index (χ0v) is 12.2. The van der Waals surface area contributed by atoms with E-state index in [4.69, 9.17) is 5.11 Å². The number of carbonyl (C=O) groups excluding carboxylic acids is 1. The Morgan fingerprint density at radius 2 is 2.30 bits per heavy atom. The molecule has 108 valence electrons. The highest BCUT2D eigenvalue weighted by Gasteiger charge is 2.29. The van der Waals surface area contributed by atoms with Gasteiger partial charge in [0.25, 0.3) is 0 Å². The molecule has 6 heteroatoms. The number of carbonyl (C=O) groups is 2. The standard InChI is InChI=1S/C14H18N2O3S/c1-10-3-2-4-11(7-10)15-13(17)8-16-5-6-20-9-12(16)14(18)19/h2-4,7,12H,5-6,8-9H2,1H3,(H,15,17)(H,18,19). The van der Waals surface area contributed by atoms with Crippen molar-refractivity contribution in [2.24, 2.45) is 0 Å². The lowest BCUT2D eigenvalue weighted by atomic mass is 10.2. The molecule has 1 aromatic carbocycles. The van der Waals surface area contributed by atoms with Gasteiger partial charge in [0.15, 0.2) is 0 Å². The van der Waals surface area contributed by atoms with Gasteiger partial charge >= 0.3 is 5.97 Å². The van der Waals surface area contributed by atoms with E-state index < -0.39 is 12.0 Å². The fourth-order valence-electron chi connectivity index (χ4n) is 2.16. The molecule has 0 aromatic heterocycles. The predicted molar refractivity (Wildman–Crippen MR) is 80.1 cm³/mol. The number of rotatable bonds is 4. The van der Waals surface area contributed by atoms with Crippen LogP contribution in [0.15, 0.2) is 24.3 Å². The van der Waals surface area contributed by atoms with Crippen LogP contribution < -0.4 is 5.32 Å².